The predicted molar refractivity (Wildman–Crippen MR) is 92.1 cm³/mol. The van der Waals surface area contributed by atoms with Crippen LogP contribution in [0.4, 0.5) is 0 Å². The van der Waals surface area contributed by atoms with Gasteiger partial charge < -0.3 is 15.0 Å². The Kier molecular flexibility index (Phi) is 5.20. The summed E-state index contributed by atoms with van der Waals surface area (Å²) in [6.45, 7) is 5.80. The van der Waals surface area contributed by atoms with Gasteiger partial charge in [0.05, 0.1) is 7.11 Å². The number of ether oxygens (including phenoxy) is 1. The van der Waals surface area contributed by atoms with Gasteiger partial charge in [-0.05, 0) is 44.1 Å². The molecule has 1 saturated heterocycles. The molecule has 1 aromatic rings. The zero-order chi connectivity index (χ0) is 18.0. The smallest absolute Gasteiger partial charge is 0.316 e. The zero-order valence-corrected chi connectivity index (χ0v) is 15.1. The first-order valence-electron chi connectivity index (χ1n) is 8.93. The Balaban J connectivity index is 1.40. The number of nitrogens with zero attached hydrogens (tertiary/aromatic N) is 3. The first-order valence-corrected chi connectivity index (χ1v) is 8.93. The largest absolute Gasteiger partial charge is 0.467 e. The zero-order valence-electron chi connectivity index (χ0n) is 15.1. The third-order valence-corrected chi connectivity index (χ3v) is 5.10. The molecule has 1 atom stereocenters. The topological polar surface area (TPSA) is 84.4 Å². The van der Waals surface area contributed by atoms with Crippen LogP contribution in [0, 0.1) is 17.8 Å². The van der Waals surface area contributed by atoms with Gasteiger partial charge in [0.1, 0.15) is 5.69 Å². The maximum absolute atomic E-state index is 12.2. The summed E-state index contributed by atoms with van der Waals surface area (Å²) in [5.41, 5.74) is 0.295. The van der Waals surface area contributed by atoms with E-state index in [-0.39, 0.29) is 23.9 Å². The average Bonchev–Trinajstić information content (AvgIpc) is 2.54. The lowest BCUT2D eigenvalue weighted by Crippen LogP contribution is -2.55. The molecule has 7 heteroatoms. The van der Waals surface area contributed by atoms with Crippen molar-refractivity contribution in [3.63, 3.8) is 0 Å². The van der Waals surface area contributed by atoms with Crippen LogP contribution in [-0.4, -0.2) is 52.9 Å². The van der Waals surface area contributed by atoms with Crippen molar-refractivity contribution in [3.05, 3.63) is 18.0 Å². The normalized spacial score (nSPS) is 24.0. The summed E-state index contributed by atoms with van der Waals surface area (Å²) in [5.74, 6) is 1.49. The van der Waals surface area contributed by atoms with Crippen molar-refractivity contribution in [3.8, 4) is 6.01 Å². The molecule has 2 fully saturated rings. The summed E-state index contributed by atoms with van der Waals surface area (Å²) in [5, 5.41) is 2.95. The van der Waals surface area contributed by atoms with Gasteiger partial charge in [0, 0.05) is 31.2 Å². The van der Waals surface area contributed by atoms with E-state index >= 15 is 0 Å². The number of hydrogen-bond donors (Lipinski definition) is 1. The van der Waals surface area contributed by atoms with Crippen molar-refractivity contribution >= 4 is 11.8 Å². The van der Waals surface area contributed by atoms with Gasteiger partial charge in [0.2, 0.25) is 5.91 Å². The maximum atomic E-state index is 12.2. The lowest BCUT2D eigenvalue weighted by Gasteiger charge is -2.44. The summed E-state index contributed by atoms with van der Waals surface area (Å²) in [4.78, 5) is 34.4. The summed E-state index contributed by atoms with van der Waals surface area (Å²) < 4.78 is 4.94. The van der Waals surface area contributed by atoms with Crippen LogP contribution in [0.15, 0.2) is 12.3 Å². The van der Waals surface area contributed by atoms with Crippen molar-refractivity contribution in [2.75, 3.05) is 20.2 Å². The second-order valence-corrected chi connectivity index (χ2v) is 7.42. The van der Waals surface area contributed by atoms with E-state index in [1.807, 2.05) is 11.8 Å². The van der Waals surface area contributed by atoms with Crippen LogP contribution in [0.1, 0.15) is 43.6 Å². The Morgan fingerprint density at radius 3 is 2.76 bits per heavy atom. The molecule has 136 valence electrons. The number of rotatable bonds is 6. The molecule has 25 heavy (non-hydrogen) atoms. The van der Waals surface area contributed by atoms with Gasteiger partial charge >= 0.3 is 6.01 Å². The van der Waals surface area contributed by atoms with E-state index < -0.39 is 0 Å². The Labute approximate surface area is 148 Å². The number of aromatic nitrogens is 2. The quantitative estimate of drug-likeness (QED) is 0.844. The molecule has 7 nitrogen and oxygen atoms in total. The van der Waals surface area contributed by atoms with Gasteiger partial charge in [-0.25, -0.2) is 4.98 Å². The molecule has 2 amide bonds. The highest BCUT2D eigenvalue weighted by atomic mass is 16.5. The monoisotopic (exact) mass is 346 g/mol. The van der Waals surface area contributed by atoms with Gasteiger partial charge in [-0.15, -0.1) is 0 Å². The van der Waals surface area contributed by atoms with E-state index in [1.54, 1.807) is 6.07 Å². The lowest BCUT2D eigenvalue weighted by molar-refractivity contribution is -0.146. The minimum absolute atomic E-state index is 0.0273. The van der Waals surface area contributed by atoms with E-state index in [2.05, 4.69) is 22.2 Å². The molecule has 2 heterocycles. The van der Waals surface area contributed by atoms with E-state index in [9.17, 15) is 9.59 Å². The van der Waals surface area contributed by atoms with Crippen molar-refractivity contribution in [1.29, 1.82) is 0 Å². The van der Waals surface area contributed by atoms with Gasteiger partial charge in [0.25, 0.3) is 5.91 Å². The molecule has 0 aromatic carbocycles. The third-order valence-electron chi connectivity index (χ3n) is 5.10. The molecule has 1 saturated carbocycles. The van der Waals surface area contributed by atoms with Crippen molar-refractivity contribution in [1.82, 2.24) is 20.2 Å². The highest BCUT2D eigenvalue weighted by Gasteiger charge is 2.39. The van der Waals surface area contributed by atoms with E-state index in [0.717, 1.165) is 32.4 Å². The lowest BCUT2D eigenvalue weighted by atomic mass is 9.74. The van der Waals surface area contributed by atoms with Crippen LogP contribution in [-0.2, 0) is 4.79 Å². The van der Waals surface area contributed by atoms with Crippen LogP contribution < -0.4 is 10.1 Å². The van der Waals surface area contributed by atoms with Crippen LogP contribution in [0.5, 0.6) is 6.01 Å². The van der Waals surface area contributed by atoms with Gasteiger partial charge in [-0.2, -0.15) is 4.98 Å². The molecule has 2 aliphatic rings. The van der Waals surface area contributed by atoms with Gasteiger partial charge in [0.15, 0.2) is 0 Å². The van der Waals surface area contributed by atoms with Gasteiger partial charge in [-0.1, -0.05) is 6.92 Å². The molecule has 1 aliphatic carbocycles. The molecule has 1 aliphatic heterocycles. The predicted octanol–water partition coefficient (Wildman–Crippen LogP) is 1.50. The van der Waals surface area contributed by atoms with Crippen molar-refractivity contribution in [2.45, 2.75) is 39.2 Å². The Hall–Kier alpha value is -2.18. The van der Waals surface area contributed by atoms with Gasteiger partial charge in [-0.3, -0.25) is 9.59 Å². The fraction of sp³-hybridized carbons (Fsp3) is 0.667. The molecular weight excluding hydrogens is 320 g/mol. The molecule has 1 N–H and O–H groups in total. The first-order chi connectivity index (χ1) is 12.0. The van der Waals surface area contributed by atoms with Crippen molar-refractivity contribution in [2.24, 2.45) is 17.8 Å². The Morgan fingerprint density at radius 1 is 1.40 bits per heavy atom. The highest BCUT2D eigenvalue weighted by molar-refractivity contribution is 5.92. The van der Waals surface area contributed by atoms with Crippen LogP contribution in [0.3, 0.4) is 0 Å². The number of likely N-dealkylation sites (tertiary alicyclic amines) is 1. The summed E-state index contributed by atoms with van der Waals surface area (Å²) in [6, 6.07) is 1.77. The first kappa shape index (κ1) is 17.6. The number of nitrogens with one attached hydrogen (secondary N) is 1. The van der Waals surface area contributed by atoms with Crippen LogP contribution in [0.25, 0.3) is 0 Å². The van der Waals surface area contributed by atoms with E-state index in [4.69, 9.17) is 4.74 Å². The second-order valence-electron chi connectivity index (χ2n) is 7.42. The molecule has 1 unspecified atom stereocenters. The second kappa shape index (κ2) is 7.37. The third kappa shape index (κ3) is 4.08. The minimum atomic E-state index is -0.232. The number of carbonyl (C=O) groups is 2. The molecule has 3 rings (SSSR count). The van der Waals surface area contributed by atoms with E-state index in [1.165, 1.54) is 13.3 Å². The Bertz CT molecular complexity index is 639. The fourth-order valence-corrected chi connectivity index (χ4v) is 3.68. The number of carbonyl (C=O) groups excluding carboxylic acids is 2. The molecule has 0 bridgehead atoms. The van der Waals surface area contributed by atoms with Crippen LogP contribution in [0.2, 0.25) is 0 Å². The number of methoxy groups -OCH3 is 1. The summed E-state index contributed by atoms with van der Waals surface area (Å²) in [6.07, 6.45) is 4.44. The standard InChI is InChI=1S/C18H26N4O3/c1-11-6-14(7-11)17(24)22-9-13(10-22)8-12(2)20-16(23)15-4-5-19-18(21-15)25-3/h4-5,11-14H,6-10H2,1-3H3,(H,20,23). The Morgan fingerprint density at radius 2 is 2.12 bits per heavy atom. The molecule has 0 radical (unpaired) electrons. The van der Waals surface area contributed by atoms with Crippen LogP contribution >= 0.6 is 0 Å². The minimum Gasteiger partial charge on any atom is -0.467 e. The van der Waals surface area contributed by atoms with E-state index in [0.29, 0.717) is 23.4 Å². The SMILES string of the molecule is COc1nccc(C(=O)NC(C)CC2CN(C(=O)C3CC(C)C3)C2)n1. The summed E-state index contributed by atoms with van der Waals surface area (Å²) in [7, 11) is 1.47. The molecule has 0 spiro atoms. The molecular formula is C18H26N4O3. The fourth-order valence-electron chi connectivity index (χ4n) is 3.68. The number of hydrogen-bond acceptors (Lipinski definition) is 5. The highest BCUT2D eigenvalue weighted by Crippen LogP contribution is 2.36. The van der Waals surface area contributed by atoms with Crippen molar-refractivity contribution < 1.29 is 14.3 Å². The number of amides is 2. The average molecular weight is 346 g/mol. The maximum Gasteiger partial charge on any atom is 0.316 e. The summed E-state index contributed by atoms with van der Waals surface area (Å²) >= 11 is 0. The molecule has 1 aromatic heterocycles.